The second kappa shape index (κ2) is 8.16. The molecular formula is C37H33NO. The van der Waals surface area contributed by atoms with Gasteiger partial charge in [-0.3, -0.25) is 0 Å². The van der Waals surface area contributed by atoms with Crippen molar-refractivity contribution in [1.82, 2.24) is 4.98 Å². The minimum Gasteiger partial charge on any atom is -0.436 e. The Morgan fingerprint density at radius 2 is 1.08 bits per heavy atom. The third-order valence-electron chi connectivity index (χ3n) is 8.21. The second-order valence-corrected chi connectivity index (χ2v) is 12.9. The van der Waals surface area contributed by atoms with Crippen LogP contribution < -0.4 is 0 Å². The highest BCUT2D eigenvalue weighted by Crippen LogP contribution is 2.43. The van der Waals surface area contributed by atoms with E-state index in [1.54, 1.807) is 0 Å². The zero-order valence-electron chi connectivity index (χ0n) is 23.5. The monoisotopic (exact) mass is 507 g/mol. The van der Waals surface area contributed by atoms with Gasteiger partial charge in [0.25, 0.3) is 0 Å². The molecule has 0 unspecified atom stereocenters. The SMILES string of the molecule is CC(C)(C)c1ccc(-c2ccc3ccc4c(-c5nc6cc(C(C)(C)C)ccc6o5)ccc5ccc2c3c54)cc1. The van der Waals surface area contributed by atoms with Gasteiger partial charge in [0.15, 0.2) is 5.58 Å². The highest BCUT2D eigenvalue weighted by atomic mass is 16.3. The van der Waals surface area contributed by atoms with Crippen molar-refractivity contribution in [2.75, 3.05) is 0 Å². The van der Waals surface area contributed by atoms with E-state index in [-0.39, 0.29) is 10.8 Å². The van der Waals surface area contributed by atoms with Gasteiger partial charge in [-0.15, -0.1) is 0 Å². The average molecular weight is 508 g/mol. The van der Waals surface area contributed by atoms with E-state index in [0.29, 0.717) is 5.89 Å². The van der Waals surface area contributed by atoms with Crippen molar-refractivity contribution in [3.05, 3.63) is 102 Å². The molecule has 2 nitrogen and oxygen atoms in total. The number of oxazole rings is 1. The summed E-state index contributed by atoms with van der Waals surface area (Å²) in [6.07, 6.45) is 0. The Hall–Kier alpha value is -4.17. The van der Waals surface area contributed by atoms with Gasteiger partial charge >= 0.3 is 0 Å². The molecular weight excluding hydrogens is 474 g/mol. The second-order valence-electron chi connectivity index (χ2n) is 12.9. The van der Waals surface area contributed by atoms with E-state index in [9.17, 15) is 0 Å². The molecule has 6 aromatic carbocycles. The molecule has 0 fully saturated rings. The Kier molecular flexibility index (Phi) is 5.01. The number of fused-ring (bicyclic) bond motifs is 1. The van der Waals surface area contributed by atoms with Gasteiger partial charge in [-0.2, -0.15) is 0 Å². The van der Waals surface area contributed by atoms with Crippen molar-refractivity contribution in [1.29, 1.82) is 0 Å². The van der Waals surface area contributed by atoms with Crippen molar-refractivity contribution in [2.24, 2.45) is 0 Å². The molecule has 0 amide bonds. The largest absolute Gasteiger partial charge is 0.436 e. The fourth-order valence-electron chi connectivity index (χ4n) is 5.90. The summed E-state index contributed by atoms with van der Waals surface area (Å²) >= 11 is 0. The number of rotatable bonds is 2. The lowest BCUT2D eigenvalue weighted by atomic mass is 9.85. The van der Waals surface area contributed by atoms with Crippen molar-refractivity contribution >= 4 is 43.4 Å². The molecule has 0 N–H and O–H groups in total. The van der Waals surface area contributed by atoms with Gasteiger partial charge in [0, 0.05) is 5.56 Å². The Labute approximate surface area is 229 Å². The lowest BCUT2D eigenvalue weighted by Gasteiger charge is -2.20. The van der Waals surface area contributed by atoms with Gasteiger partial charge in [0.05, 0.1) is 0 Å². The minimum absolute atomic E-state index is 0.0606. The van der Waals surface area contributed by atoms with E-state index in [0.717, 1.165) is 16.7 Å². The van der Waals surface area contributed by atoms with Crippen molar-refractivity contribution in [3.8, 4) is 22.6 Å². The van der Waals surface area contributed by atoms with Crippen LogP contribution in [0.5, 0.6) is 0 Å². The third-order valence-corrected chi connectivity index (χ3v) is 8.21. The van der Waals surface area contributed by atoms with Crippen LogP contribution in [-0.4, -0.2) is 4.98 Å². The van der Waals surface area contributed by atoms with Crippen LogP contribution in [0.4, 0.5) is 0 Å². The quantitative estimate of drug-likeness (QED) is 0.218. The molecule has 0 aliphatic rings. The maximum atomic E-state index is 6.33. The van der Waals surface area contributed by atoms with E-state index in [2.05, 4.69) is 133 Å². The predicted molar refractivity (Wildman–Crippen MR) is 166 cm³/mol. The topological polar surface area (TPSA) is 26.0 Å². The lowest BCUT2D eigenvalue weighted by Crippen LogP contribution is -2.10. The van der Waals surface area contributed by atoms with Crippen LogP contribution in [-0.2, 0) is 10.8 Å². The number of hydrogen-bond acceptors (Lipinski definition) is 2. The van der Waals surface area contributed by atoms with Crippen LogP contribution in [0.15, 0.2) is 95.4 Å². The Balaban J connectivity index is 1.43. The first-order valence-electron chi connectivity index (χ1n) is 13.8. The fraction of sp³-hybridized carbons (Fsp3) is 0.216. The molecule has 0 saturated carbocycles. The minimum atomic E-state index is 0.0606. The molecule has 0 bridgehead atoms. The molecule has 7 rings (SSSR count). The van der Waals surface area contributed by atoms with Crippen molar-refractivity contribution in [2.45, 2.75) is 52.4 Å². The Morgan fingerprint density at radius 3 is 1.69 bits per heavy atom. The third kappa shape index (κ3) is 3.81. The number of aromatic nitrogens is 1. The fourth-order valence-corrected chi connectivity index (χ4v) is 5.90. The van der Waals surface area contributed by atoms with Crippen LogP contribution in [0.3, 0.4) is 0 Å². The molecule has 0 aliphatic heterocycles. The van der Waals surface area contributed by atoms with E-state index >= 15 is 0 Å². The number of benzene rings is 6. The summed E-state index contributed by atoms with van der Waals surface area (Å²) in [4.78, 5) is 4.97. The first-order valence-corrected chi connectivity index (χ1v) is 13.8. The van der Waals surface area contributed by atoms with Crippen molar-refractivity contribution < 1.29 is 4.42 Å². The van der Waals surface area contributed by atoms with Gasteiger partial charge in [-0.25, -0.2) is 4.98 Å². The van der Waals surface area contributed by atoms with Gasteiger partial charge in [-0.1, -0.05) is 114 Å². The molecule has 0 atom stereocenters. The predicted octanol–water partition coefficient (Wildman–Crippen LogP) is 10.7. The molecule has 0 saturated heterocycles. The van der Waals surface area contributed by atoms with E-state index in [1.165, 1.54) is 54.6 Å². The molecule has 39 heavy (non-hydrogen) atoms. The molecule has 0 spiro atoms. The van der Waals surface area contributed by atoms with Gasteiger partial charge in [0.2, 0.25) is 5.89 Å². The van der Waals surface area contributed by atoms with Crippen LogP contribution in [0.1, 0.15) is 52.7 Å². The summed E-state index contributed by atoms with van der Waals surface area (Å²) in [6.45, 7) is 13.5. The molecule has 7 aromatic rings. The molecule has 1 heterocycles. The van der Waals surface area contributed by atoms with Gasteiger partial charge < -0.3 is 4.42 Å². The molecule has 0 aliphatic carbocycles. The summed E-state index contributed by atoms with van der Waals surface area (Å²) in [7, 11) is 0. The first-order chi connectivity index (χ1) is 18.6. The van der Waals surface area contributed by atoms with Gasteiger partial charge in [0.1, 0.15) is 5.52 Å². The maximum Gasteiger partial charge on any atom is 0.227 e. The molecule has 2 heteroatoms. The number of hydrogen-bond donors (Lipinski definition) is 0. The smallest absolute Gasteiger partial charge is 0.227 e. The summed E-state index contributed by atoms with van der Waals surface area (Å²) in [6, 6.07) is 33.3. The standard InChI is InChI=1S/C37H33NO/c1-36(2,3)25-13-7-22(8-14-25)27-16-9-23-11-18-29-30(19-12-24-10-17-28(27)33(23)34(24)29)35-38-31-21-26(37(4,5)6)15-20-32(31)39-35/h7-21H,1-6H3. The Morgan fingerprint density at radius 1 is 0.538 bits per heavy atom. The first kappa shape index (κ1) is 23.9. The van der Waals surface area contributed by atoms with E-state index < -0.39 is 0 Å². The highest BCUT2D eigenvalue weighted by Gasteiger charge is 2.20. The summed E-state index contributed by atoms with van der Waals surface area (Å²) in [5.74, 6) is 0.673. The van der Waals surface area contributed by atoms with E-state index in [1.807, 2.05) is 0 Å². The maximum absolute atomic E-state index is 6.33. The zero-order chi connectivity index (χ0) is 27.1. The normalized spacial score (nSPS) is 12.9. The summed E-state index contributed by atoms with van der Waals surface area (Å²) in [5, 5.41) is 7.51. The van der Waals surface area contributed by atoms with E-state index in [4.69, 9.17) is 9.40 Å². The summed E-state index contributed by atoms with van der Waals surface area (Å²) in [5.41, 5.74) is 8.07. The lowest BCUT2D eigenvalue weighted by molar-refractivity contribution is 0.589. The Bertz CT molecular complexity index is 2010. The molecule has 0 radical (unpaired) electrons. The summed E-state index contributed by atoms with van der Waals surface area (Å²) < 4.78 is 6.33. The molecule has 192 valence electrons. The zero-order valence-corrected chi connectivity index (χ0v) is 23.5. The molecule has 1 aromatic heterocycles. The van der Waals surface area contributed by atoms with Gasteiger partial charge in [-0.05, 0) is 83.6 Å². The van der Waals surface area contributed by atoms with Crippen LogP contribution in [0, 0.1) is 0 Å². The number of nitrogens with zero attached hydrogens (tertiary/aromatic N) is 1. The van der Waals surface area contributed by atoms with Crippen LogP contribution in [0.25, 0.3) is 66.0 Å². The van der Waals surface area contributed by atoms with Crippen molar-refractivity contribution in [3.63, 3.8) is 0 Å². The van der Waals surface area contributed by atoms with Crippen LogP contribution >= 0.6 is 0 Å². The average Bonchev–Trinajstić information content (AvgIpc) is 3.34. The highest BCUT2D eigenvalue weighted by molar-refractivity contribution is 6.27. The van der Waals surface area contributed by atoms with Crippen LogP contribution in [0.2, 0.25) is 0 Å².